The predicted octanol–water partition coefficient (Wildman–Crippen LogP) is 1.42. The van der Waals surface area contributed by atoms with Crippen LogP contribution in [0.25, 0.3) is 0 Å². The van der Waals surface area contributed by atoms with Gasteiger partial charge in [-0.05, 0) is 30.5 Å². The minimum Gasteiger partial charge on any atom is -0.465 e. The minimum absolute atomic E-state index is 0.00120. The van der Waals surface area contributed by atoms with Crippen molar-refractivity contribution in [1.82, 2.24) is 10.2 Å². The Bertz CT molecular complexity index is 770. The van der Waals surface area contributed by atoms with Gasteiger partial charge in [-0.1, -0.05) is 25.0 Å². The van der Waals surface area contributed by atoms with Gasteiger partial charge in [0.05, 0.1) is 18.6 Å². The summed E-state index contributed by atoms with van der Waals surface area (Å²) in [6.07, 6.45) is 4.39. The van der Waals surface area contributed by atoms with Crippen molar-refractivity contribution in [3.05, 3.63) is 35.4 Å². The molecule has 3 rings (SSSR count). The van der Waals surface area contributed by atoms with Crippen LogP contribution in [0, 0.1) is 5.92 Å². The number of carbonyl (C=O) groups excluding carboxylic acids is 4. The molecule has 1 heterocycles. The highest BCUT2D eigenvalue weighted by Crippen LogP contribution is 2.29. The van der Waals surface area contributed by atoms with Gasteiger partial charge in [-0.3, -0.25) is 14.4 Å². The number of benzene rings is 1. The van der Waals surface area contributed by atoms with Crippen LogP contribution in [0.15, 0.2) is 24.3 Å². The number of amides is 2. The van der Waals surface area contributed by atoms with Crippen LogP contribution < -0.4 is 5.32 Å². The fourth-order valence-corrected chi connectivity index (χ4v) is 3.84. The third-order valence-electron chi connectivity index (χ3n) is 5.47. The quantitative estimate of drug-likeness (QED) is 0.692. The smallest absolute Gasteiger partial charge is 0.337 e. The van der Waals surface area contributed by atoms with Gasteiger partial charge in [-0.25, -0.2) is 4.79 Å². The van der Waals surface area contributed by atoms with E-state index in [9.17, 15) is 19.2 Å². The van der Waals surface area contributed by atoms with Crippen molar-refractivity contribution in [2.24, 2.45) is 5.92 Å². The highest BCUT2D eigenvalue weighted by Gasteiger charge is 2.39. The summed E-state index contributed by atoms with van der Waals surface area (Å²) in [5.41, 5.74) is 1.22. The van der Waals surface area contributed by atoms with Crippen LogP contribution in [-0.4, -0.2) is 55.0 Å². The number of esters is 2. The van der Waals surface area contributed by atoms with Crippen molar-refractivity contribution in [1.29, 1.82) is 0 Å². The summed E-state index contributed by atoms with van der Waals surface area (Å²) in [5.74, 6) is -1.85. The van der Waals surface area contributed by atoms with Crippen LogP contribution in [0.4, 0.5) is 0 Å². The molecule has 1 saturated heterocycles. The average molecular weight is 402 g/mol. The van der Waals surface area contributed by atoms with Crippen molar-refractivity contribution in [3.63, 3.8) is 0 Å². The third-order valence-corrected chi connectivity index (χ3v) is 5.47. The normalized spacial score (nSPS) is 19.3. The molecule has 0 radical (unpaired) electrons. The number of hydrogen-bond donors (Lipinski definition) is 1. The number of rotatable bonds is 7. The Morgan fingerprint density at radius 3 is 2.48 bits per heavy atom. The highest BCUT2D eigenvalue weighted by atomic mass is 16.5. The Labute approximate surface area is 169 Å². The van der Waals surface area contributed by atoms with Crippen molar-refractivity contribution < 1.29 is 28.7 Å². The Kier molecular flexibility index (Phi) is 6.85. The molecule has 2 amide bonds. The van der Waals surface area contributed by atoms with Crippen molar-refractivity contribution in [2.45, 2.75) is 44.7 Å². The summed E-state index contributed by atoms with van der Waals surface area (Å²) in [7, 11) is 1.31. The molecule has 29 heavy (non-hydrogen) atoms. The highest BCUT2D eigenvalue weighted by molar-refractivity contribution is 5.89. The topological polar surface area (TPSA) is 102 Å². The molecule has 156 valence electrons. The second kappa shape index (κ2) is 9.54. The fraction of sp³-hybridized carbons (Fsp3) is 0.524. The minimum atomic E-state index is -0.503. The maximum Gasteiger partial charge on any atom is 0.337 e. The lowest BCUT2D eigenvalue weighted by Crippen LogP contribution is -2.35. The largest absolute Gasteiger partial charge is 0.465 e. The van der Waals surface area contributed by atoms with Gasteiger partial charge in [-0.2, -0.15) is 0 Å². The molecular weight excluding hydrogens is 376 g/mol. The zero-order valence-corrected chi connectivity index (χ0v) is 16.5. The van der Waals surface area contributed by atoms with Gasteiger partial charge < -0.3 is 19.7 Å². The van der Waals surface area contributed by atoms with Crippen LogP contribution in [-0.2, 0) is 30.4 Å². The molecule has 0 bridgehead atoms. The number of methoxy groups -OCH3 is 1. The van der Waals surface area contributed by atoms with Crippen LogP contribution in [0.1, 0.15) is 48.0 Å². The third kappa shape index (κ3) is 5.34. The van der Waals surface area contributed by atoms with E-state index in [0.717, 1.165) is 31.2 Å². The molecule has 1 N–H and O–H groups in total. The van der Waals surface area contributed by atoms with Gasteiger partial charge in [0.15, 0.2) is 6.61 Å². The van der Waals surface area contributed by atoms with E-state index in [1.165, 1.54) is 7.11 Å². The predicted molar refractivity (Wildman–Crippen MR) is 103 cm³/mol. The van der Waals surface area contributed by atoms with Gasteiger partial charge in [0.25, 0.3) is 5.91 Å². The molecule has 1 aliphatic heterocycles. The Morgan fingerprint density at radius 2 is 1.83 bits per heavy atom. The van der Waals surface area contributed by atoms with E-state index in [4.69, 9.17) is 4.74 Å². The van der Waals surface area contributed by atoms with Crippen molar-refractivity contribution >= 4 is 23.8 Å². The second-order valence-electron chi connectivity index (χ2n) is 7.46. The molecule has 1 aromatic rings. The van der Waals surface area contributed by atoms with Crippen LogP contribution in [0.3, 0.4) is 0 Å². The van der Waals surface area contributed by atoms with Gasteiger partial charge in [0.2, 0.25) is 5.91 Å². The van der Waals surface area contributed by atoms with E-state index in [1.807, 2.05) is 0 Å². The Hall–Kier alpha value is -2.90. The zero-order valence-electron chi connectivity index (χ0n) is 16.5. The molecule has 8 heteroatoms. The molecule has 0 aromatic heterocycles. The molecule has 8 nitrogen and oxygen atoms in total. The average Bonchev–Trinajstić information content (AvgIpc) is 3.39. The molecule has 0 unspecified atom stereocenters. The van der Waals surface area contributed by atoms with Gasteiger partial charge in [0.1, 0.15) is 0 Å². The number of nitrogens with one attached hydrogen (secondary N) is 1. The van der Waals surface area contributed by atoms with Crippen LogP contribution in [0.5, 0.6) is 0 Å². The molecule has 1 atom stereocenters. The van der Waals surface area contributed by atoms with E-state index in [2.05, 4.69) is 10.1 Å². The Balaban J connectivity index is 1.39. The van der Waals surface area contributed by atoms with Gasteiger partial charge in [0, 0.05) is 25.6 Å². The molecular formula is C21H26N2O6. The van der Waals surface area contributed by atoms with E-state index >= 15 is 0 Å². The van der Waals surface area contributed by atoms with Crippen LogP contribution in [0.2, 0.25) is 0 Å². The standard InChI is InChI=1S/C21H26N2O6/c1-28-20(26)15-8-6-14(7-9-15)11-22-18(24)13-29-21(27)16-10-19(25)23(12-16)17-4-2-3-5-17/h6-9,16-17H,2-5,10-13H2,1H3,(H,22,24)/t16-/m0/s1. The molecule has 1 aliphatic carbocycles. The lowest BCUT2D eigenvalue weighted by molar-refractivity contribution is -0.152. The van der Waals surface area contributed by atoms with Gasteiger partial charge >= 0.3 is 11.9 Å². The van der Waals surface area contributed by atoms with Crippen molar-refractivity contribution in [3.8, 4) is 0 Å². The number of ether oxygens (including phenoxy) is 2. The van der Waals surface area contributed by atoms with Crippen molar-refractivity contribution in [2.75, 3.05) is 20.3 Å². The Morgan fingerprint density at radius 1 is 1.14 bits per heavy atom. The fourth-order valence-electron chi connectivity index (χ4n) is 3.84. The van der Waals surface area contributed by atoms with E-state index in [0.29, 0.717) is 12.1 Å². The summed E-state index contributed by atoms with van der Waals surface area (Å²) in [6, 6.07) is 6.89. The SMILES string of the molecule is COC(=O)c1ccc(CNC(=O)COC(=O)[C@H]2CC(=O)N(C3CCCC3)C2)cc1. The summed E-state index contributed by atoms with van der Waals surface area (Å²) in [6.45, 7) is 0.249. The molecule has 2 aliphatic rings. The number of hydrogen-bond acceptors (Lipinski definition) is 6. The first kappa shape index (κ1) is 20.8. The molecule has 0 spiro atoms. The van der Waals surface area contributed by atoms with E-state index in [-0.39, 0.29) is 31.5 Å². The first-order valence-corrected chi connectivity index (χ1v) is 9.88. The maximum atomic E-state index is 12.2. The maximum absolute atomic E-state index is 12.2. The van der Waals surface area contributed by atoms with Crippen LogP contribution >= 0.6 is 0 Å². The molecule has 1 aromatic carbocycles. The monoisotopic (exact) mass is 402 g/mol. The number of likely N-dealkylation sites (tertiary alicyclic amines) is 1. The lowest BCUT2D eigenvalue weighted by Gasteiger charge is -2.23. The zero-order chi connectivity index (χ0) is 20.8. The molecule has 1 saturated carbocycles. The summed E-state index contributed by atoms with van der Waals surface area (Å²) in [4.78, 5) is 49.6. The first-order valence-electron chi connectivity index (χ1n) is 9.88. The summed E-state index contributed by atoms with van der Waals surface area (Å²) < 4.78 is 9.74. The second-order valence-corrected chi connectivity index (χ2v) is 7.46. The van der Waals surface area contributed by atoms with E-state index < -0.39 is 23.8 Å². The van der Waals surface area contributed by atoms with E-state index in [1.54, 1.807) is 29.2 Å². The number of carbonyl (C=O) groups is 4. The summed E-state index contributed by atoms with van der Waals surface area (Å²) in [5, 5.41) is 2.66. The lowest BCUT2D eigenvalue weighted by atomic mass is 10.1. The number of nitrogens with zero attached hydrogens (tertiary/aromatic N) is 1. The first-order chi connectivity index (χ1) is 14.0. The summed E-state index contributed by atoms with van der Waals surface area (Å²) >= 11 is 0. The molecule has 2 fully saturated rings. The van der Waals surface area contributed by atoms with Gasteiger partial charge in [-0.15, -0.1) is 0 Å².